The SMILES string of the molecule is C[SH](C)C#Cc1cnccn1. The van der Waals surface area contributed by atoms with Gasteiger partial charge in [0.25, 0.3) is 0 Å². The van der Waals surface area contributed by atoms with E-state index in [9.17, 15) is 0 Å². The van der Waals surface area contributed by atoms with Gasteiger partial charge in [-0.3, -0.25) is 4.98 Å². The molecule has 0 aromatic carbocycles. The molecule has 0 aliphatic rings. The van der Waals surface area contributed by atoms with Crippen LogP contribution in [0.25, 0.3) is 0 Å². The molecule has 0 atom stereocenters. The summed E-state index contributed by atoms with van der Waals surface area (Å²) in [5.41, 5.74) is 0.753. The van der Waals surface area contributed by atoms with Crippen LogP contribution in [0.5, 0.6) is 0 Å². The van der Waals surface area contributed by atoms with Crippen LogP contribution in [0.3, 0.4) is 0 Å². The second-order valence-corrected chi connectivity index (χ2v) is 4.23. The molecular weight excluding hydrogens is 156 g/mol. The van der Waals surface area contributed by atoms with Gasteiger partial charge in [-0.25, -0.2) is 4.98 Å². The molecule has 0 saturated carbocycles. The maximum absolute atomic E-state index is 4.02. The third-order valence-electron chi connectivity index (χ3n) is 0.971. The Morgan fingerprint density at radius 2 is 2.18 bits per heavy atom. The summed E-state index contributed by atoms with van der Waals surface area (Å²) in [6, 6.07) is 0. The first kappa shape index (κ1) is 8.09. The van der Waals surface area contributed by atoms with Crippen LogP contribution in [0.4, 0.5) is 0 Å². The van der Waals surface area contributed by atoms with Crippen molar-refractivity contribution < 1.29 is 0 Å². The molecule has 11 heavy (non-hydrogen) atoms. The molecule has 0 amide bonds. The fourth-order valence-corrected chi connectivity index (χ4v) is 0.871. The van der Waals surface area contributed by atoms with Gasteiger partial charge in [0, 0.05) is 12.4 Å². The topological polar surface area (TPSA) is 25.8 Å². The third-order valence-corrected chi connectivity index (χ3v) is 1.53. The van der Waals surface area contributed by atoms with E-state index in [1.54, 1.807) is 18.6 Å². The van der Waals surface area contributed by atoms with Gasteiger partial charge < -0.3 is 0 Å². The Hall–Kier alpha value is -1.01. The molecule has 0 unspecified atom stereocenters. The van der Waals surface area contributed by atoms with Gasteiger partial charge in [-0.1, -0.05) is 5.25 Å². The fraction of sp³-hybridized carbons (Fsp3) is 0.250. The summed E-state index contributed by atoms with van der Waals surface area (Å²) in [6.07, 6.45) is 9.19. The molecule has 1 heterocycles. The van der Waals surface area contributed by atoms with Crippen molar-refractivity contribution in [3.63, 3.8) is 0 Å². The molecule has 0 N–H and O–H groups in total. The molecule has 1 aromatic rings. The number of rotatable bonds is 0. The van der Waals surface area contributed by atoms with Gasteiger partial charge in [0.05, 0.1) is 6.20 Å². The third kappa shape index (κ3) is 3.06. The predicted molar refractivity (Wildman–Crippen MR) is 49.7 cm³/mol. The Labute approximate surface area is 69.4 Å². The zero-order valence-corrected chi connectivity index (χ0v) is 7.47. The summed E-state index contributed by atoms with van der Waals surface area (Å²) < 4.78 is 0. The van der Waals surface area contributed by atoms with Gasteiger partial charge in [0.15, 0.2) is 0 Å². The maximum atomic E-state index is 4.02. The highest BCUT2D eigenvalue weighted by Gasteiger charge is 1.83. The average Bonchev–Trinajstić information content (AvgIpc) is 2.03. The minimum absolute atomic E-state index is 0.153. The lowest BCUT2D eigenvalue weighted by atomic mass is 10.5. The molecule has 3 heteroatoms. The highest BCUT2D eigenvalue weighted by atomic mass is 32.2. The van der Waals surface area contributed by atoms with Gasteiger partial charge >= 0.3 is 0 Å². The Kier molecular flexibility index (Phi) is 2.94. The van der Waals surface area contributed by atoms with E-state index in [1.807, 2.05) is 0 Å². The maximum Gasteiger partial charge on any atom is 0.132 e. The monoisotopic (exact) mass is 166 g/mol. The standard InChI is InChI=1S/C8H10N2S/c1-11(2)6-3-8-7-9-4-5-10-8/h4-5,7,11H,1-2H3. The quantitative estimate of drug-likeness (QED) is 0.460. The van der Waals surface area contributed by atoms with E-state index in [4.69, 9.17) is 0 Å². The van der Waals surface area contributed by atoms with E-state index in [2.05, 4.69) is 33.7 Å². The summed E-state index contributed by atoms with van der Waals surface area (Å²) in [6.45, 7) is 0. The van der Waals surface area contributed by atoms with E-state index < -0.39 is 0 Å². The lowest BCUT2D eigenvalue weighted by Gasteiger charge is -1.92. The second kappa shape index (κ2) is 3.99. The van der Waals surface area contributed by atoms with Crippen molar-refractivity contribution in [2.45, 2.75) is 0 Å². The van der Waals surface area contributed by atoms with Crippen molar-refractivity contribution in [3.8, 4) is 11.2 Å². The first-order valence-electron chi connectivity index (χ1n) is 3.24. The van der Waals surface area contributed by atoms with Gasteiger partial charge in [-0.2, -0.15) is 10.9 Å². The van der Waals surface area contributed by atoms with Crippen molar-refractivity contribution in [2.75, 3.05) is 12.5 Å². The predicted octanol–water partition coefficient (Wildman–Crippen LogP) is 1.05. The zero-order chi connectivity index (χ0) is 8.10. The highest BCUT2D eigenvalue weighted by Crippen LogP contribution is 2.08. The highest BCUT2D eigenvalue weighted by molar-refractivity contribution is 8.20. The van der Waals surface area contributed by atoms with E-state index >= 15 is 0 Å². The summed E-state index contributed by atoms with van der Waals surface area (Å²) in [5.74, 6) is 2.95. The Bertz CT molecular complexity index is 271. The summed E-state index contributed by atoms with van der Waals surface area (Å²) in [5, 5.41) is 3.07. The Morgan fingerprint density at radius 1 is 1.36 bits per heavy atom. The van der Waals surface area contributed by atoms with Gasteiger partial charge in [-0.15, -0.1) is 0 Å². The van der Waals surface area contributed by atoms with Gasteiger partial charge in [0.2, 0.25) is 0 Å². The molecule has 0 fully saturated rings. The molecule has 0 aliphatic carbocycles. The fourth-order valence-electron chi connectivity index (χ4n) is 0.533. The van der Waals surface area contributed by atoms with E-state index in [-0.39, 0.29) is 10.9 Å². The van der Waals surface area contributed by atoms with E-state index in [0.29, 0.717) is 0 Å². The molecule has 0 radical (unpaired) electrons. The summed E-state index contributed by atoms with van der Waals surface area (Å²) in [7, 11) is -0.153. The van der Waals surface area contributed by atoms with Crippen LogP contribution >= 0.6 is 10.9 Å². The van der Waals surface area contributed by atoms with Crippen LogP contribution in [0.15, 0.2) is 18.6 Å². The molecule has 0 spiro atoms. The van der Waals surface area contributed by atoms with E-state index in [0.717, 1.165) is 5.69 Å². The van der Waals surface area contributed by atoms with Crippen LogP contribution in [0.2, 0.25) is 0 Å². The molecule has 1 rings (SSSR count). The number of hydrogen-bond acceptors (Lipinski definition) is 2. The van der Waals surface area contributed by atoms with Crippen molar-refractivity contribution in [3.05, 3.63) is 24.3 Å². The number of thiol groups is 1. The largest absolute Gasteiger partial charge is 0.260 e. The number of nitrogens with zero attached hydrogens (tertiary/aromatic N) is 2. The second-order valence-electron chi connectivity index (χ2n) is 2.22. The minimum atomic E-state index is -0.153. The van der Waals surface area contributed by atoms with Crippen molar-refractivity contribution >= 4 is 10.9 Å². The zero-order valence-electron chi connectivity index (χ0n) is 6.57. The van der Waals surface area contributed by atoms with Crippen molar-refractivity contribution in [1.29, 1.82) is 0 Å². The molecule has 58 valence electrons. The van der Waals surface area contributed by atoms with E-state index in [1.165, 1.54) is 0 Å². The van der Waals surface area contributed by atoms with Crippen molar-refractivity contribution in [2.24, 2.45) is 0 Å². The first-order valence-corrected chi connectivity index (χ1v) is 5.47. The van der Waals surface area contributed by atoms with Crippen LogP contribution in [0.1, 0.15) is 5.69 Å². The molecule has 0 bridgehead atoms. The van der Waals surface area contributed by atoms with Gasteiger partial charge in [-0.05, 0) is 18.4 Å². The van der Waals surface area contributed by atoms with Crippen LogP contribution in [-0.4, -0.2) is 22.5 Å². The lowest BCUT2D eigenvalue weighted by molar-refractivity contribution is 1.17. The molecule has 2 nitrogen and oxygen atoms in total. The van der Waals surface area contributed by atoms with Crippen LogP contribution in [-0.2, 0) is 0 Å². The minimum Gasteiger partial charge on any atom is -0.260 e. The number of aromatic nitrogens is 2. The Morgan fingerprint density at radius 3 is 2.73 bits per heavy atom. The van der Waals surface area contributed by atoms with Crippen LogP contribution in [0, 0.1) is 11.2 Å². The number of hydrogen-bond donors (Lipinski definition) is 1. The van der Waals surface area contributed by atoms with Crippen LogP contribution < -0.4 is 0 Å². The Balaban J connectivity index is 2.75. The summed E-state index contributed by atoms with van der Waals surface area (Å²) in [4.78, 5) is 7.93. The van der Waals surface area contributed by atoms with Crippen molar-refractivity contribution in [1.82, 2.24) is 9.97 Å². The summed E-state index contributed by atoms with van der Waals surface area (Å²) >= 11 is 0. The smallest absolute Gasteiger partial charge is 0.132 e. The molecule has 1 aromatic heterocycles. The van der Waals surface area contributed by atoms with Gasteiger partial charge in [0.1, 0.15) is 5.69 Å². The lowest BCUT2D eigenvalue weighted by Crippen LogP contribution is -1.81. The molecule has 0 aliphatic heterocycles. The normalized spacial score (nSPS) is 9.82. The average molecular weight is 166 g/mol. The first-order chi connectivity index (χ1) is 5.29. The molecule has 0 saturated heterocycles. The molecular formula is C8H10N2S.